The third-order valence-electron chi connectivity index (χ3n) is 5.94. The van der Waals surface area contributed by atoms with Crippen LogP contribution >= 0.6 is 23.8 Å². The molecule has 0 unspecified atom stereocenters. The van der Waals surface area contributed by atoms with Gasteiger partial charge in [0.15, 0.2) is 5.11 Å². The van der Waals surface area contributed by atoms with E-state index in [0.717, 1.165) is 27.2 Å². The van der Waals surface area contributed by atoms with Gasteiger partial charge in [-0.25, -0.2) is 0 Å². The largest absolute Gasteiger partial charge is 0.383 e. The first-order valence-corrected chi connectivity index (χ1v) is 11.1. The summed E-state index contributed by atoms with van der Waals surface area (Å²) in [5.74, 6) is 0. The van der Waals surface area contributed by atoms with E-state index in [0.29, 0.717) is 13.2 Å². The van der Waals surface area contributed by atoms with Gasteiger partial charge in [-0.05, 0) is 74.4 Å². The number of aromatic nitrogens is 2. The van der Waals surface area contributed by atoms with Crippen LogP contribution in [-0.2, 0) is 4.74 Å². The second-order valence-corrected chi connectivity index (χ2v) is 8.73. The van der Waals surface area contributed by atoms with Gasteiger partial charge >= 0.3 is 0 Å². The maximum absolute atomic E-state index is 6.34. The van der Waals surface area contributed by atoms with Gasteiger partial charge in [0.05, 0.1) is 24.4 Å². The first-order valence-electron chi connectivity index (χ1n) is 10.3. The van der Waals surface area contributed by atoms with Crippen molar-refractivity contribution in [2.75, 3.05) is 20.3 Å². The predicted octanol–water partition coefficient (Wildman–Crippen LogP) is 5.07. The Bertz CT molecular complexity index is 1100. The summed E-state index contributed by atoms with van der Waals surface area (Å²) in [6.07, 6.45) is 1.83. The van der Waals surface area contributed by atoms with Gasteiger partial charge in [-0.3, -0.25) is 4.98 Å². The molecule has 3 heterocycles. The lowest BCUT2D eigenvalue weighted by atomic mass is 9.97. The molecule has 2 aromatic heterocycles. The molecule has 1 aliphatic heterocycles. The number of halogens is 1. The lowest BCUT2D eigenvalue weighted by Gasteiger charge is -2.28. The van der Waals surface area contributed by atoms with E-state index in [-0.39, 0.29) is 12.1 Å². The zero-order valence-corrected chi connectivity index (χ0v) is 19.8. The van der Waals surface area contributed by atoms with Crippen molar-refractivity contribution in [2.24, 2.45) is 0 Å². The van der Waals surface area contributed by atoms with Gasteiger partial charge in [0, 0.05) is 41.9 Å². The van der Waals surface area contributed by atoms with Gasteiger partial charge in [-0.15, -0.1) is 0 Å². The van der Waals surface area contributed by atoms with E-state index in [2.05, 4.69) is 52.7 Å². The van der Waals surface area contributed by atoms with E-state index in [9.17, 15) is 0 Å². The average Bonchev–Trinajstić information content (AvgIpc) is 3.24. The van der Waals surface area contributed by atoms with E-state index in [1.165, 1.54) is 16.8 Å². The Labute approximate surface area is 194 Å². The van der Waals surface area contributed by atoms with Gasteiger partial charge in [0.1, 0.15) is 0 Å². The fourth-order valence-corrected chi connectivity index (χ4v) is 4.95. The average molecular weight is 455 g/mol. The van der Waals surface area contributed by atoms with Crippen LogP contribution in [0.4, 0.5) is 0 Å². The minimum Gasteiger partial charge on any atom is -0.383 e. The Morgan fingerprint density at radius 1 is 1.16 bits per heavy atom. The lowest BCUT2D eigenvalue weighted by Crippen LogP contribution is -2.32. The highest BCUT2D eigenvalue weighted by molar-refractivity contribution is 7.80. The van der Waals surface area contributed by atoms with Crippen molar-refractivity contribution in [1.82, 2.24) is 19.8 Å². The molecule has 0 bridgehead atoms. The summed E-state index contributed by atoms with van der Waals surface area (Å²) in [5, 5.41) is 4.95. The summed E-state index contributed by atoms with van der Waals surface area (Å²) < 4.78 is 7.65. The van der Waals surface area contributed by atoms with Crippen LogP contribution in [0.5, 0.6) is 0 Å². The molecule has 1 N–H and O–H groups in total. The molecule has 1 aliphatic rings. The molecule has 0 spiro atoms. The molecule has 1 aromatic carbocycles. The third-order valence-corrected chi connectivity index (χ3v) is 6.52. The van der Waals surface area contributed by atoms with Crippen LogP contribution in [-0.4, -0.2) is 39.8 Å². The zero-order valence-electron chi connectivity index (χ0n) is 18.2. The molecule has 1 saturated heterocycles. The second-order valence-electron chi connectivity index (χ2n) is 7.91. The lowest BCUT2D eigenvalue weighted by molar-refractivity contribution is 0.164. The van der Waals surface area contributed by atoms with Crippen molar-refractivity contribution >= 4 is 28.9 Å². The molecule has 5 nitrogen and oxygen atoms in total. The number of nitrogens with zero attached hydrogens (tertiary/aromatic N) is 3. The maximum Gasteiger partial charge on any atom is 0.170 e. The molecule has 162 valence electrons. The number of hydrogen-bond donors (Lipinski definition) is 1. The van der Waals surface area contributed by atoms with E-state index >= 15 is 0 Å². The van der Waals surface area contributed by atoms with Crippen LogP contribution in [0, 0.1) is 20.8 Å². The monoisotopic (exact) mass is 454 g/mol. The minimum absolute atomic E-state index is 0.0111. The fraction of sp³-hybridized carbons (Fsp3) is 0.333. The quantitative estimate of drug-likeness (QED) is 0.526. The molecule has 3 aromatic rings. The zero-order chi connectivity index (χ0) is 22.1. The Morgan fingerprint density at radius 3 is 2.68 bits per heavy atom. The van der Waals surface area contributed by atoms with Crippen LogP contribution < -0.4 is 5.32 Å². The van der Waals surface area contributed by atoms with E-state index in [1.807, 2.05) is 36.5 Å². The van der Waals surface area contributed by atoms with E-state index < -0.39 is 0 Å². The van der Waals surface area contributed by atoms with Crippen LogP contribution in [0.1, 0.15) is 40.3 Å². The first-order chi connectivity index (χ1) is 14.9. The molecule has 4 rings (SSSR count). The summed E-state index contributed by atoms with van der Waals surface area (Å²) in [4.78, 5) is 6.84. The third kappa shape index (κ3) is 4.07. The van der Waals surface area contributed by atoms with Crippen LogP contribution in [0.3, 0.4) is 0 Å². The number of rotatable bonds is 6. The Kier molecular flexibility index (Phi) is 6.32. The van der Waals surface area contributed by atoms with Gasteiger partial charge in [0.2, 0.25) is 0 Å². The van der Waals surface area contributed by atoms with Gasteiger partial charge in [0.25, 0.3) is 0 Å². The fourth-order valence-electron chi connectivity index (χ4n) is 4.46. The molecule has 7 heteroatoms. The summed E-state index contributed by atoms with van der Waals surface area (Å²) in [6, 6.07) is 14.2. The summed E-state index contributed by atoms with van der Waals surface area (Å²) in [6.45, 7) is 7.70. The normalized spacial score (nSPS) is 18.5. The van der Waals surface area contributed by atoms with Crippen molar-refractivity contribution in [2.45, 2.75) is 32.9 Å². The van der Waals surface area contributed by atoms with Crippen LogP contribution in [0.25, 0.3) is 5.69 Å². The van der Waals surface area contributed by atoms with Crippen LogP contribution in [0.15, 0.2) is 48.7 Å². The maximum atomic E-state index is 6.34. The van der Waals surface area contributed by atoms with Crippen LogP contribution in [0.2, 0.25) is 5.02 Å². The van der Waals surface area contributed by atoms with Crippen molar-refractivity contribution in [3.63, 3.8) is 0 Å². The number of hydrogen-bond acceptors (Lipinski definition) is 3. The van der Waals surface area contributed by atoms with E-state index in [1.54, 1.807) is 7.11 Å². The first kappa shape index (κ1) is 21.8. The van der Waals surface area contributed by atoms with E-state index in [4.69, 9.17) is 28.6 Å². The molecule has 31 heavy (non-hydrogen) atoms. The van der Waals surface area contributed by atoms with Crippen molar-refractivity contribution in [1.29, 1.82) is 0 Å². The number of nitrogens with one attached hydrogen (secondary N) is 1. The van der Waals surface area contributed by atoms with Crippen molar-refractivity contribution in [3.05, 3.63) is 81.9 Å². The molecule has 0 radical (unpaired) electrons. The highest BCUT2D eigenvalue weighted by Gasteiger charge is 2.41. The summed E-state index contributed by atoms with van der Waals surface area (Å²) >= 11 is 12.1. The molecule has 1 fully saturated rings. The predicted molar refractivity (Wildman–Crippen MR) is 129 cm³/mol. The van der Waals surface area contributed by atoms with Gasteiger partial charge in [-0.2, -0.15) is 0 Å². The number of methoxy groups -OCH3 is 1. The Balaban J connectivity index is 1.84. The highest BCUT2D eigenvalue weighted by atomic mass is 35.5. The number of aryl methyl sites for hydroxylation is 2. The molecule has 2 atom stereocenters. The topological polar surface area (TPSA) is 42.3 Å². The minimum atomic E-state index is -0.0417. The molecule has 0 saturated carbocycles. The van der Waals surface area contributed by atoms with Gasteiger partial charge in [-0.1, -0.05) is 23.7 Å². The Morgan fingerprint density at radius 2 is 1.97 bits per heavy atom. The van der Waals surface area contributed by atoms with Crippen molar-refractivity contribution < 1.29 is 4.74 Å². The second kappa shape index (κ2) is 8.99. The number of ether oxygens (including phenoxy) is 1. The number of pyridine rings is 1. The smallest absolute Gasteiger partial charge is 0.170 e. The SMILES string of the molecule is COCCN1C(=S)N[C@@H](c2ccccn2)[C@H]1c1cc(C)n(-c2cc(Cl)ccc2C)c1C. The number of benzene rings is 1. The van der Waals surface area contributed by atoms with Crippen molar-refractivity contribution in [3.8, 4) is 5.69 Å². The number of thiocarbonyl (C=S) groups is 1. The molecule has 0 aliphatic carbocycles. The summed E-state index contributed by atoms with van der Waals surface area (Å²) in [5.41, 5.74) is 6.79. The standard InChI is InChI=1S/C24H27ClN4OS/c1-15-8-9-18(25)14-21(15)29-16(2)13-19(17(29)3)23-22(20-7-5-6-10-26-20)27-24(31)28(23)11-12-30-4/h5-10,13-14,22-23H,11-12H2,1-4H3,(H,27,31)/t22-,23+/m0/s1. The highest BCUT2D eigenvalue weighted by Crippen LogP contribution is 2.41. The molecular weight excluding hydrogens is 428 g/mol. The van der Waals surface area contributed by atoms with Gasteiger partial charge < -0.3 is 19.5 Å². The molecule has 0 amide bonds. The summed E-state index contributed by atoms with van der Waals surface area (Å²) in [7, 11) is 1.71. The molecular formula is C24H27ClN4OS. The Hall–Kier alpha value is -2.41.